The van der Waals surface area contributed by atoms with Crippen LogP contribution in [0.4, 0.5) is 0 Å². The van der Waals surface area contributed by atoms with Crippen molar-refractivity contribution in [1.29, 1.82) is 0 Å². The standard InChI is InChI=1S/C22H17BrN2O2/c23-17-12-10-16(11-13-17)21-18-8-4-5-9-19(18)22(27)25(24-21)14-20(26)15-6-2-1-3-7-15/h1-13,20,26H,14H2. The smallest absolute Gasteiger partial charge is 0.274 e. The normalized spacial score (nSPS) is 12.2. The summed E-state index contributed by atoms with van der Waals surface area (Å²) < 4.78 is 2.33. The van der Waals surface area contributed by atoms with Crippen LogP contribution in [-0.2, 0) is 6.54 Å². The first-order chi connectivity index (χ1) is 13.1. The molecule has 0 fully saturated rings. The summed E-state index contributed by atoms with van der Waals surface area (Å²) in [6.45, 7) is 0.0945. The van der Waals surface area contributed by atoms with Crippen molar-refractivity contribution in [2.24, 2.45) is 0 Å². The summed E-state index contributed by atoms with van der Waals surface area (Å²) in [5, 5.41) is 16.5. The first-order valence-corrected chi connectivity index (χ1v) is 9.41. The van der Waals surface area contributed by atoms with Gasteiger partial charge in [0.05, 0.1) is 23.7 Å². The summed E-state index contributed by atoms with van der Waals surface area (Å²) in [5.41, 5.74) is 2.18. The van der Waals surface area contributed by atoms with E-state index in [1.807, 2.05) is 72.8 Å². The molecule has 0 saturated carbocycles. The van der Waals surface area contributed by atoms with E-state index in [1.54, 1.807) is 6.07 Å². The monoisotopic (exact) mass is 420 g/mol. The van der Waals surface area contributed by atoms with Gasteiger partial charge in [0.25, 0.3) is 5.56 Å². The molecule has 4 aromatic rings. The molecule has 1 unspecified atom stereocenters. The van der Waals surface area contributed by atoms with Gasteiger partial charge in [0.15, 0.2) is 0 Å². The second-order valence-electron chi connectivity index (χ2n) is 6.31. The zero-order valence-electron chi connectivity index (χ0n) is 14.4. The van der Waals surface area contributed by atoms with Gasteiger partial charge in [-0.3, -0.25) is 4.79 Å². The van der Waals surface area contributed by atoms with E-state index in [0.29, 0.717) is 5.39 Å². The highest BCUT2D eigenvalue weighted by atomic mass is 79.9. The van der Waals surface area contributed by atoms with Gasteiger partial charge in [-0.15, -0.1) is 0 Å². The van der Waals surface area contributed by atoms with Crippen LogP contribution in [0.25, 0.3) is 22.0 Å². The Morgan fingerprint density at radius 2 is 1.52 bits per heavy atom. The van der Waals surface area contributed by atoms with Crippen molar-refractivity contribution in [1.82, 2.24) is 9.78 Å². The SMILES string of the molecule is O=c1c2ccccc2c(-c2ccc(Br)cc2)nn1CC(O)c1ccccc1. The van der Waals surface area contributed by atoms with Gasteiger partial charge in [0, 0.05) is 15.4 Å². The number of fused-ring (bicyclic) bond motifs is 1. The van der Waals surface area contributed by atoms with E-state index in [1.165, 1.54) is 4.68 Å². The Labute approximate surface area is 164 Å². The highest BCUT2D eigenvalue weighted by molar-refractivity contribution is 9.10. The summed E-state index contributed by atoms with van der Waals surface area (Å²) in [6, 6.07) is 24.5. The molecule has 0 bridgehead atoms. The zero-order chi connectivity index (χ0) is 18.8. The van der Waals surface area contributed by atoms with Gasteiger partial charge in [-0.25, -0.2) is 4.68 Å². The molecule has 0 aliphatic carbocycles. The molecule has 134 valence electrons. The highest BCUT2D eigenvalue weighted by Crippen LogP contribution is 2.26. The van der Waals surface area contributed by atoms with Crippen LogP contribution in [0.3, 0.4) is 0 Å². The number of aromatic nitrogens is 2. The molecule has 0 radical (unpaired) electrons. The van der Waals surface area contributed by atoms with Crippen LogP contribution >= 0.6 is 15.9 Å². The maximum atomic E-state index is 12.9. The second-order valence-corrected chi connectivity index (χ2v) is 7.23. The predicted octanol–water partition coefficient (Wildman–Crippen LogP) is 4.56. The fraction of sp³-hybridized carbons (Fsp3) is 0.0909. The summed E-state index contributed by atoms with van der Waals surface area (Å²) in [7, 11) is 0. The molecule has 5 heteroatoms. The van der Waals surface area contributed by atoms with Crippen molar-refractivity contribution in [3.63, 3.8) is 0 Å². The Bertz CT molecular complexity index is 1140. The van der Waals surface area contributed by atoms with Crippen molar-refractivity contribution in [3.05, 3.63) is 99.3 Å². The van der Waals surface area contributed by atoms with Gasteiger partial charge in [-0.2, -0.15) is 5.10 Å². The lowest BCUT2D eigenvalue weighted by Gasteiger charge is -2.15. The number of aliphatic hydroxyl groups is 1. The number of hydrogen-bond acceptors (Lipinski definition) is 3. The largest absolute Gasteiger partial charge is 0.386 e. The summed E-state index contributed by atoms with van der Waals surface area (Å²) >= 11 is 3.44. The van der Waals surface area contributed by atoms with E-state index < -0.39 is 6.10 Å². The third kappa shape index (κ3) is 3.56. The molecule has 0 saturated heterocycles. The fourth-order valence-electron chi connectivity index (χ4n) is 3.12. The van der Waals surface area contributed by atoms with E-state index in [0.717, 1.165) is 26.7 Å². The molecule has 3 aromatic carbocycles. The molecular formula is C22H17BrN2O2. The average molecular weight is 421 g/mol. The average Bonchev–Trinajstić information content (AvgIpc) is 2.71. The molecule has 1 heterocycles. The van der Waals surface area contributed by atoms with Crippen LogP contribution in [0.1, 0.15) is 11.7 Å². The molecule has 0 spiro atoms. The molecule has 0 aliphatic rings. The molecule has 1 aromatic heterocycles. The Morgan fingerprint density at radius 1 is 0.889 bits per heavy atom. The lowest BCUT2D eigenvalue weighted by Crippen LogP contribution is -2.26. The fourth-order valence-corrected chi connectivity index (χ4v) is 3.39. The maximum absolute atomic E-state index is 12.9. The quantitative estimate of drug-likeness (QED) is 0.526. The molecule has 0 amide bonds. The van der Waals surface area contributed by atoms with Gasteiger partial charge < -0.3 is 5.11 Å². The Hall–Kier alpha value is -2.76. The molecule has 27 heavy (non-hydrogen) atoms. The Morgan fingerprint density at radius 3 is 2.22 bits per heavy atom. The van der Waals surface area contributed by atoms with Crippen LogP contribution in [0, 0.1) is 0 Å². The number of benzene rings is 3. The number of rotatable bonds is 4. The maximum Gasteiger partial charge on any atom is 0.274 e. The summed E-state index contributed by atoms with van der Waals surface area (Å²) in [5.74, 6) is 0. The number of aliphatic hydroxyl groups excluding tert-OH is 1. The van der Waals surface area contributed by atoms with Gasteiger partial charge in [-0.05, 0) is 23.8 Å². The zero-order valence-corrected chi connectivity index (χ0v) is 16.0. The van der Waals surface area contributed by atoms with Gasteiger partial charge in [0.1, 0.15) is 0 Å². The minimum atomic E-state index is -0.810. The molecule has 0 aliphatic heterocycles. The lowest BCUT2D eigenvalue weighted by molar-refractivity contribution is 0.150. The van der Waals surface area contributed by atoms with Crippen molar-refractivity contribution in [2.45, 2.75) is 12.6 Å². The van der Waals surface area contributed by atoms with E-state index in [4.69, 9.17) is 0 Å². The third-order valence-corrected chi connectivity index (χ3v) is 5.04. The Kier molecular flexibility index (Phi) is 4.88. The molecule has 1 atom stereocenters. The van der Waals surface area contributed by atoms with Gasteiger partial charge in [-0.1, -0.05) is 76.6 Å². The molecular weight excluding hydrogens is 404 g/mol. The molecule has 1 N–H and O–H groups in total. The van der Waals surface area contributed by atoms with Crippen molar-refractivity contribution in [3.8, 4) is 11.3 Å². The topological polar surface area (TPSA) is 55.1 Å². The predicted molar refractivity (Wildman–Crippen MR) is 111 cm³/mol. The van der Waals surface area contributed by atoms with E-state index in [2.05, 4.69) is 21.0 Å². The first kappa shape index (κ1) is 17.6. The molecule has 4 nitrogen and oxygen atoms in total. The van der Waals surface area contributed by atoms with Gasteiger partial charge in [0.2, 0.25) is 0 Å². The van der Waals surface area contributed by atoms with Crippen LogP contribution < -0.4 is 5.56 Å². The van der Waals surface area contributed by atoms with Crippen molar-refractivity contribution < 1.29 is 5.11 Å². The minimum absolute atomic E-state index is 0.0945. The number of nitrogens with zero attached hydrogens (tertiary/aromatic N) is 2. The van der Waals surface area contributed by atoms with E-state index >= 15 is 0 Å². The lowest BCUT2D eigenvalue weighted by atomic mass is 10.0. The minimum Gasteiger partial charge on any atom is -0.386 e. The van der Waals surface area contributed by atoms with Crippen LogP contribution in [-0.4, -0.2) is 14.9 Å². The third-order valence-electron chi connectivity index (χ3n) is 4.52. The highest BCUT2D eigenvalue weighted by Gasteiger charge is 2.15. The van der Waals surface area contributed by atoms with Crippen LogP contribution in [0.5, 0.6) is 0 Å². The summed E-state index contributed by atoms with van der Waals surface area (Å²) in [6.07, 6.45) is -0.810. The van der Waals surface area contributed by atoms with E-state index in [-0.39, 0.29) is 12.1 Å². The number of halogens is 1. The van der Waals surface area contributed by atoms with Crippen LogP contribution in [0.2, 0.25) is 0 Å². The molecule has 4 rings (SSSR count). The van der Waals surface area contributed by atoms with Gasteiger partial charge >= 0.3 is 0 Å². The first-order valence-electron chi connectivity index (χ1n) is 8.62. The second kappa shape index (κ2) is 7.47. The Balaban J connectivity index is 1.85. The summed E-state index contributed by atoms with van der Waals surface area (Å²) in [4.78, 5) is 12.9. The van der Waals surface area contributed by atoms with Crippen molar-refractivity contribution >= 4 is 26.7 Å². The number of hydrogen-bond donors (Lipinski definition) is 1. The van der Waals surface area contributed by atoms with Crippen molar-refractivity contribution in [2.75, 3.05) is 0 Å². The van der Waals surface area contributed by atoms with E-state index in [9.17, 15) is 9.90 Å². The van der Waals surface area contributed by atoms with Crippen LogP contribution in [0.15, 0.2) is 88.1 Å².